The second-order valence-corrected chi connectivity index (χ2v) is 7.29. The second kappa shape index (κ2) is 6.34. The van der Waals surface area contributed by atoms with E-state index in [2.05, 4.69) is 18.5 Å². The number of urea groups is 1. The van der Waals surface area contributed by atoms with Gasteiger partial charge in [-0.1, -0.05) is 0 Å². The summed E-state index contributed by atoms with van der Waals surface area (Å²) in [6.45, 7) is 2.05. The summed E-state index contributed by atoms with van der Waals surface area (Å²) in [5, 5.41) is 3.94. The number of thioether (sulfide) groups is 1. The van der Waals surface area contributed by atoms with Crippen LogP contribution in [0.1, 0.15) is 50.8 Å². The van der Waals surface area contributed by atoms with E-state index in [1.807, 2.05) is 28.8 Å². The molecular weight excluding hydrogens is 284 g/mol. The zero-order valence-electron chi connectivity index (χ0n) is 12.7. The molecule has 0 aliphatic heterocycles. The monoisotopic (exact) mass is 308 g/mol. The number of carbonyl (C=O) groups excluding carboxylic acids is 1. The summed E-state index contributed by atoms with van der Waals surface area (Å²) >= 11 is 1.91. The molecule has 21 heavy (non-hydrogen) atoms. The van der Waals surface area contributed by atoms with Crippen molar-refractivity contribution in [2.24, 2.45) is 0 Å². The standard InChI is InChI=1S/C16H24N2O2S/c1-11(15-4-3-9-20-15)18(13-6-7-13)16(19)17-12-5-8-14(10-12)21-2/h3-4,9,11-14H,5-8,10H2,1-2H3,(H,17,19)/t11-,12+,14+/m0/s1. The first kappa shape index (κ1) is 14.8. The molecule has 2 aliphatic carbocycles. The zero-order chi connectivity index (χ0) is 14.8. The number of carbonyl (C=O) groups is 1. The van der Waals surface area contributed by atoms with Crippen LogP contribution in [0.3, 0.4) is 0 Å². The maximum atomic E-state index is 12.7. The Morgan fingerprint density at radius 1 is 1.43 bits per heavy atom. The maximum absolute atomic E-state index is 12.7. The third-order valence-electron chi connectivity index (χ3n) is 4.59. The summed E-state index contributed by atoms with van der Waals surface area (Å²) in [4.78, 5) is 14.7. The lowest BCUT2D eigenvalue weighted by molar-refractivity contribution is 0.163. The average molecular weight is 308 g/mol. The van der Waals surface area contributed by atoms with Gasteiger partial charge in [-0.2, -0.15) is 11.8 Å². The highest BCUT2D eigenvalue weighted by molar-refractivity contribution is 7.99. The van der Waals surface area contributed by atoms with Crippen LogP contribution < -0.4 is 5.32 Å². The molecule has 3 rings (SSSR count). The number of hydrogen-bond donors (Lipinski definition) is 1. The molecule has 5 heteroatoms. The predicted octanol–water partition coefficient (Wildman–Crippen LogP) is 3.80. The smallest absolute Gasteiger partial charge is 0.318 e. The second-order valence-electron chi connectivity index (χ2n) is 6.15. The molecule has 0 spiro atoms. The van der Waals surface area contributed by atoms with Gasteiger partial charge in [0.15, 0.2) is 0 Å². The normalized spacial score (nSPS) is 26.6. The third kappa shape index (κ3) is 3.39. The predicted molar refractivity (Wildman–Crippen MR) is 85.5 cm³/mol. The molecule has 2 amide bonds. The van der Waals surface area contributed by atoms with Gasteiger partial charge in [-0.25, -0.2) is 4.79 Å². The molecule has 1 heterocycles. The van der Waals surface area contributed by atoms with E-state index < -0.39 is 0 Å². The van der Waals surface area contributed by atoms with Gasteiger partial charge in [-0.15, -0.1) is 0 Å². The average Bonchev–Trinajstić information content (AvgIpc) is 2.99. The van der Waals surface area contributed by atoms with Gasteiger partial charge in [0.2, 0.25) is 0 Å². The number of hydrogen-bond acceptors (Lipinski definition) is 3. The Kier molecular flexibility index (Phi) is 4.48. The molecule has 1 aromatic heterocycles. The van der Waals surface area contributed by atoms with Crippen LogP contribution in [0.4, 0.5) is 4.79 Å². The maximum Gasteiger partial charge on any atom is 0.318 e. The van der Waals surface area contributed by atoms with Gasteiger partial charge >= 0.3 is 6.03 Å². The quantitative estimate of drug-likeness (QED) is 0.900. The van der Waals surface area contributed by atoms with Gasteiger partial charge < -0.3 is 14.6 Å². The van der Waals surface area contributed by atoms with Crippen LogP contribution >= 0.6 is 11.8 Å². The molecule has 116 valence electrons. The van der Waals surface area contributed by atoms with Crippen molar-refractivity contribution in [3.05, 3.63) is 24.2 Å². The number of nitrogens with zero attached hydrogens (tertiary/aromatic N) is 1. The Labute approximate surface area is 130 Å². The van der Waals surface area contributed by atoms with Crippen molar-refractivity contribution in [1.82, 2.24) is 10.2 Å². The van der Waals surface area contributed by atoms with E-state index >= 15 is 0 Å². The highest BCUT2D eigenvalue weighted by atomic mass is 32.2. The molecule has 0 aromatic carbocycles. The van der Waals surface area contributed by atoms with E-state index in [-0.39, 0.29) is 12.1 Å². The summed E-state index contributed by atoms with van der Waals surface area (Å²) in [5.74, 6) is 0.866. The molecule has 0 bridgehead atoms. The molecule has 0 radical (unpaired) electrons. The topological polar surface area (TPSA) is 45.5 Å². The molecule has 2 aliphatic rings. The highest BCUT2D eigenvalue weighted by Gasteiger charge is 2.38. The molecule has 1 N–H and O–H groups in total. The Morgan fingerprint density at radius 3 is 2.81 bits per heavy atom. The first-order valence-corrected chi connectivity index (χ1v) is 9.13. The fourth-order valence-electron chi connectivity index (χ4n) is 3.21. The van der Waals surface area contributed by atoms with E-state index in [0.717, 1.165) is 31.4 Å². The van der Waals surface area contributed by atoms with E-state index in [1.54, 1.807) is 6.26 Å². The number of amides is 2. The van der Waals surface area contributed by atoms with Crippen molar-refractivity contribution < 1.29 is 9.21 Å². The molecule has 2 fully saturated rings. The van der Waals surface area contributed by atoms with Gasteiger partial charge in [0.1, 0.15) is 5.76 Å². The van der Waals surface area contributed by atoms with Gasteiger partial charge in [0, 0.05) is 17.3 Å². The first-order valence-electron chi connectivity index (χ1n) is 7.84. The lowest BCUT2D eigenvalue weighted by atomic mass is 10.2. The van der Waals surface area contributed by atoms with Crippen LogP contribution in [0.25, 0.3) is 0 Å². The molecule has 0 unspecified atom stereocenters. The zero-order valence-corrected chi connectivity index (χ0v) is 13.6. The van der Waals surface area contributed by atoms with Crippen LogP contribution in [-0.4, -0.2) is 34.5 Å². The fourth-order valence-corrected chi connectivity index (χ4v) is 4.01. The number of furan rings is 1. The Balaban J connectivity index is 1.63. The van der Waals surface area contributed by atoms with Crippen molar-refractivity contribution in [3.8, 4) is 0 Å². The van der Waals surface area contributed by atoms with E-state index in [1.165, 1.54) is 6.42 Å². The summed E-state index contributed by atoms with van der Waals surface area (Å²) in [6.07, 6.45) is 9.46. The molecule has 1 aromatic rings. The number of rotatable bonds is 5. The van der Waals surface area contributed by atoms with Crippen molar-refractivity contribution in [2.45, 2.75) is 62.4 Å². The largest absolute Gasteiger partial charge is 0.467 e. The molecular formula is C16H24N2O2S. The van der Waals surface area contributed by atoms with Gasteiger partial charge in [0.05, 0.1) is 12.3 Å². The first-order chi connectivity index (χ1) is 10.2. The minimum atomic E-state index is 0.00486. The van der Waals surface area contributed by atoms with E-state index in [4.69, 9.17) is 4.42 Å². The molecule has 3 atom stereocenters. The minimum absolute atomic E-state index is 0.00486. The Morgan fingerprint density at radius 2 is 2.24 bits per heavy atom. The van der Waals surface area contributed by atoms with Gasteiger partial charge in [-0.3, -0.25) is 0 Å². The third-order valence-corrected chi connectivity index (χ3v) is 5.69. The van der Waals surface area contributed by atoms with Crippen LogP contribution in [0.5, 0.6) is 0 Å². The summed E-state index contributed by atoms with van der Waals surface area (Å²) < 4.78 is 5.48. The lowest BCUT2D eigenvalue weighted by Crippen LogP contribution is -2.46. The highest BCUT2D eigenvalue weighted by Crippen LogP contribution is 2.35. The SMILES string of the molecule is CS[C@@H]1CC[C@@H](NC(=O)N(C2CC2)[C@@H](C)c2ccco2)C1. The molecule has 2 saturated carbocycles. The Bertz CT molecular complexity index is 473. The van der Waals surface area contributed by atoms with Crippen molar-refractivity contribution in [3.63, 3.8) is 0 Å². The number of nitrogens with one attached hydrogen (secondary N) is 1. The minimum Gasteiger partial charge on any atom is -0.467 e. The van der Waals surface area contributed by atoms with Crippen LogP contribution in [0.15, 0.2) is 22.8 Å². The lowest BCUT2D eigenvalue weighted by Gasteiger charge is -2.29. The molecule has 0 saturated heterocycles. The molecule has 4 nitrogen and oxygen atoms in total. The van der Waals surface area contributed by atoms with Gasteiger partial charge in [0.25, 0.3) is 0 Å². The summed E-state index contributed by atoms with van der Waals surface area (Å²) in [7, 11) is 0. The summed E-state index contributed by atoms with van der Waals surface area (Å²) in [6, 6.07) is 4.63. The van der Waals surface area contributed by atoms with Crippen LogP contribution in [0, 0.1) is 0 Å². The fraction of sp³-hybridized carbons (Fsp3) is 0.688. The summed E-state index contributed by atoms with van der Waals surface area (Å²) in [5.41, 5.74) is 0. The Hall–Kier alpha value is -1.10. The van der Waals surface area contributed by atoms with Crippen molar-refractivity contribution >= 4 is 17.8 Å². The van der Waals surface area contributed by atoms with Crippen LogP contribution in [-0.2, 0) is 0 Å². The van der Waals surface area contributed by atoms with Crippen molar-refractivity contribution in [1.29, 1.82) is 0 Å². The van der Waals surface area contributed by atoms with E-state index in [0.29, 0.717) is 17.3 Å². The van der Waals surface area contributed by atoms with Gasteiger partial charge in [-0.05, 0) is 57.4 Å². The van der Waals surface area contributed by atoms with E-state index in [9.17, 15) is 4.79 Å². The van der Waals surface area contributed by atoms with Crippen LogP contribution in [0.2, 0.25) is 0 Å². The van der Waals surface area contributed by atoms with Crippen molar-refractivity contribution in [2.75, 3.05) is 6.26 Å².